The average Bonchev–Trinajstić information content (AvgIpc) is 3.05. The number of carbonyl (C=O) groups is 3. The average molecular weight is 372 g/mol. The summed E-state index contributed by atoms with van der Waals surface area (Å²) in [6.07, 6.45) is 0.687. The van der Waals surface area contributed by atoms with Crippen LogP contribution in [0.15, 0.2) is 36.4 Å². The Morgan fingerprint density at radius 3 is 2.15 bits per heavy atom. The van der Waals surface area contributed by atoms with Gasteiger partial charge in [0.15, 0.2) is 5.78 Å². The molecule has 5 heteroatoms. The SMILES string of the molecule is Cc1ccc(C(=O)CCC(=O)CCC(=O)Nc2ccc(C(C)C)cc2)s1. The lowest BCUT2D eigenvalue weighted by atomic mass is 10.0. The van der Waals surface area contributed by atoms with Crippen molar-refractivity contribution in [3.05, 3.63) is 51.7 Å². The molecule has 0 radical (unpaired) electrons. The highest BCUT2D eigenvalue weighted by Crippen LogP contribution is 2.19. The molecule has 0 spiro atoms. The number of Topliss-reactive ketones (excluding diaryl/α,β-unsaturated/α-hetero) is 2. The molecule has 4 nitrogen and oxygen atoms in total. The Kier molecular flexibility index (Phi) is 7.27. The zero-order valence-electron chi connectivity index (χ0n) is 15.5. The standard InChI is InChI=1S/C21H25NO3S/c1-14(2)16-5-7-17(8-6-16)22-21(25)13-10-18(23)9-11-19(24)20-12-4-15(3)26-20/h4-8,12,14H,9-11,13H2,1-3H3,(H,22,25). The number of benzene rings is 1. The van der Waals surface area contributed by atoms with Crippen LogP contribution in [0.4, 0.5) is 5.69 Å². The minimum absolute atomic E-state index is 0.00820. The van der Waals surface area contributed by atoms with E-state index in [1.807, 2.05) is 37.3 Å². The predicted octanol–water partition coefficient (Wildman–Crippen LogP) is 5.13. The minimum atomic E-state index is -0.184. The number of thiophene rings is 1. The van der Waals surface area contributed by atoms with E-state index >= 15 is 0 Å². The molecule has 138 valence electrons. The van der Waals surface area contributed by atoms with Gasteiger partial charge in [0.25, 0.3) is 0 Å². The smallest absolute Gasteiger partial charge is 0.224 e. The van der Waals surface area contributed by atoms with Crippen molar-refractivity contribution in [2.45, 2.75) is 52.4 Å². The van der Waals surface area contributed by atoms with Crippen molar-refractivity contribution in [2.24, 2.45) is 0 Å². The third-order valence-electron chi connectivity index (χ3n) is 4.14. The molecule has 2 rings (SSSR count). The maximum atomic E-state index is 12.0. The van der Waals surface area contributed by atoms with Crippen LogP contribution in [0.25, 0.3) is 0 Å². The summed E-state index contributed by atoms with van der Waals surface area (Å²) in [5.74, 6) is 0.192. The van der Waals surface area contributed by atoms with Crippen molar-refractivity contribution in [2.75, 3.05) is 5.32 Å². The molecule has 1 aromatic carbocycles. The van der Waals surface area contributed by atoms with Crippen molar-refractivity contribution >= 4 is 34.5 Å². The van der Waals surface area contributed by atoms with Gasteiger partial charge in [-0.1, -0.05) is 26.0 Å². The van der Waals surface area contributed by atoms with Gasteiger partial charge in [-0.3, -0.25) is 14.4 Å². The molecule has 0 fully saturated rings. The monoisotopic (exact) mass is 371 g/mol. The van der Waals surface area contributed by atoms with Gasteiger partial charge in [0, 0.05) is 36.2 Å². The number of ketones is 2. The Morgan fingerprint density at radius 1 is 0.923 bits per heavy atom. The molecule has 1 heterocycles. The maximum Gasteiger partial charge on any atom is 0.224 e. The van der Waals surface area contributed by atoms with E-state index in [0.717, 1.165) is 10.6 Å². The Hall–Kier alpha value is -2.27. The summed E-state index contributed by atoms with van der Waals surface area (Å²) in [4.78, 5) is 37.7. The number of aryl methyl sites for hydroxylation is 1. The van der Waals surface area contributed by atoms with Gasteiger partial charge < -0.3 is 5.32 Å². The number of anilines is 1. The molecule has 26 heavy (non-hydrogen) atoms. The Morgan fingerprint density at radius 2 is 1.58 bits per heavy atom. The fourth-order valence-corrected chi connectivity index (χ4v) is 3.35. The third kappa shape index (κ3) is 6.23. The fourth-order valence-electron chi connectivity index (χ4n) is 2.51. The summed E-state index contributed by atoms with van der Waals surface area (Å²) in [5, 5.41) is 2.80. The van der Waals surface area contributed by atoms with Gasteiger partial charge in [-0.05, 0) is 42.7 Å². The second kappa shape index (κ2) is 9.43. The second-order valence-corrected chi connectivity index (χ2v) is 7.98. The number of nitrogens with one attached hydrogen (secondary N) is 1. The van der Waals surface area contributed by atoms with Gasteiger partial charge in [0.1, 0.15) is 5.78 Å². The highest BCUT2D eigenvalue weighted by Gasteiger charge is 2.12. The first-order chi connectivity index (χ1) is 12.3. The first kappa shape index (κ1) is 20.0. The number of hydrogen-bond acceptors (Lipinski definition) is 4. The number of hydrogen-bond donors (Lipinski definition) is 1. The summed E-state index contributed by atoms with van der Waals surface area (Å²) in [6.45, 7) is 6.18. The fraction of sp³-hybridized carbons (Fsp3) is 0.381. The molecular weight excluding hydrogens is 346 g/mol. The molecule has 2 aromatic rings. The zero-order chi connectivity index (χ0) is 19.1. The molecule has 0 unspecified atom stereocenters. The van der Waals surface area contributed by atoms with Crippen LogP contribution in [0.1, 0.15) is 65.6 Å². The van der Waals surface area contributed by atoms with Crippen molar-refractivity contribution < 1.29 is 14.4 Å². The van der Waals surface area contributed by atoms with Crippen molar-refractivity contribution in [1.82, 2.24) is 0 Å². The van der Waals surface area contributed by atoms with Crippen LogP contribution in [0, 0.1) is 6.92 Å². The van der Waals surface area contributed by atoms with Crippen LogP contribution in [-0.2, 0) is 9.59 Å². The summed E-state index contributed by atoms with van der Waals surface area (Å²) in [6, 6.07) is 11.4. The van der Waals surface area contributed by atoms with Crippen LogP contribution in [0.3, 0.4) is 0 Å². The lowest BCUT2D eigenvalue weighted by Gasteiger charge is -2.08. The van der Waals surface area contributed by atoms with E-state index < -0.39 is 0 Å². The Bertz CT molecular complexity index is 775. The van der Waals surface area contributed by atoms with Gasteiger partial charge in [-0.25, -0.2) is 0 Å². The Labute approximate surface area is 158 Å². The third-order valence-corrected chi connectivity index (χ3v) is 5.18. The molecule has 0 atom stereocenters. The summed E-state index contributed by atoms with van der Waals surface area (Å²) in [7, 11) is 0. The van der Waals surface area contributed by atoms with E-state index in [-0.39, 0.29) is 43.2 Å². The minimum Gasteiger partial charge on any atom is -0.326 e. The molecule has 1 amide bonds. The van der Waals surface area contributed by atoms with Gasteiger partial charge in [0.05, 0.1) is 4.88 Å². The molecule has 0 saturated carbocycles. The van der Waals surface area contributed by atoms with Crippen LogP contribution in [0.5, 0.6) is 0 Å². The van der Waals surface area contributed by atoms with Gasteiger partial charge in [0.2, 0.25) is 5.91 Å². The molecule has 0 aliphatic carbocycles. The van der Waals surface area contributed by atoms with Crippen molar-refractivity contribution in [3.63, 3.8) is 0 Å². The Balaban J connectivity index is 1.71. The number of amides is 1. The van der Waals surface area contributed by atoms with Crippen LogP contribution < -0.4 is 5.32 Å². The highest BCUT2D eigenvalue weighted by molar-refractivity contribution is 7.14. The van der Waals surface area contributed by atoms with Crippen LogP contribution in [0.2, 0.25) is 0 Å². The number of carbonyl (C=O) groups excluding carboxylic acids is 3. The first-order valence-corrected chi connectivity index (χ1v) is 9.68. The molecule has 0 saturated heterocycles. The molecule has 0 aliphatic heterocycles. The number of rotatable bonds is 9. The molecule has 1 N–H and O–H groups in total. The maximum absolute atomic E-state index is 12.0. The van der Waals surface area contributed by atoms with E-state index in [1.165, 1.54) is 16.9 Å². The van der Waals surface area contributed by atoms with Crippen molar-refractivity contribution in [1.29, 1.82) is 0 Å². The molecule has 0 aliphatic rings. The predicted molar refractivity (Wildman–Crippen MR) is 106 cm³/mol. The lowest BCUT2D eigenvalue weighted by molar-refractivity contribution is -0.122. The molecule has 0 bridgehead atoms. The highest BCUT2D eigenvalue weighted by atomic mass is 32.1. The van der Waals surface area contributed by atoms with Crippen LogP contribution in [-0.4, -0.2) is 17.5 Å². The summed E-state index contributed by atoms with van der Waals surface area (Å²) < 4.78 is 0. The van der Waals surface area contributed by atoms with E-state index in [0.29, 0.717) is 10.8 Å². The largest absolute Gasteiger partial charge is 0.326 e. The van der Waals surface area contributed by atoms with Gasteiger partial charge >= 0.3 is 0 Å². The molecular formula is C21H25NO3S. The molecule has 1 aromatic heterocycles. The quantitative estimate of drug-likeness (QED) is 0.622. The van der Waals surface area contributed by atoms with E-state index in [2.05, 4.69) is 19.2 Å². The first-order valence-electron chi connectivity index (χ1n) is 8.86. The van der Waals surface area contributed by atoms with E-state index in [4.69, 9.17) is 0 Å². The summed E-state index contributed by atoms with van der Waals surface area (Å²) in [5.41, 5.74) is 1.94. The lowest BCUT2D eigenvalue weighted by Crippen LogP contribution is -2.14. The summed E-state index contributed by atoms with van der Waals surface area (Å²) >= 11 is 1.44. The van der Waals surface area contributed by atoms with Crippen LogP contribution >= 0.6 is 11.3 Å². The van der Waals surface area contributed by atoms with E-state index in [9.17, 15) is 14.4 Å². The van der Waals surface area contributed by atoms with Crippen molar-refractivity contribution in [3.8, 4) is 0 Å². The van der Waals surface area contributed by atoms with Gasteiger partial charge in [-0.2, -0.15) is 0 Å². The van der Waals surface area contributed by atoms with Gasteiger partial charge in [-0.15, -0.1) is 11.3 Å². The zero-order valence-corrected chi connectivity index (χ0v) is 16.3. The normalized spacial score (nSPS) is 10.8. The van der Waals surface area contributed by atoms with E-state index in [1.54, 1.807) is 6.07 Å². The second-order valence-electron chi connectivity index (χ2n) is 6.70. The topological polar surface area (TPSA) is 63.2 Å².